The van der Waals surface area contributed by atoms with Gasteiger partial charge in [0.1, 0.15) is 11.5 Å². The molecular formula is C18H14BrNO4S. The second-order valence-electron chi connectivity index (χ2n) is 5.14. The van der Waals surface area contributed by atoms with E-state index in [2.05, 4.69) is 21.2 Å². The fraction of sp³-hybridized carbons (Fsp3) is 0.111. The minimum atomic E-state index is -0.516. The Bertz CT molecular complexity index is 967. The first-order valence-electron chi connectivity index (χ1n) is 7.28. The molecule has 3 aromatic rings. The highest BCUT2D eigenvalue weighted by Crippen LogP contribution is 2.29. The van der Waals surface area contributed by atoms with Crippen molar-refractivity contribution in [2.45, 2.75) is 0 Å². The average molecular weight is 420 g/mol. The van der Waals surface area contributed by atoms with Gasteiger partial charge in [0.25, 0.3) is 11.8 Å². The number of halogens is 1. The van der Waals surface area contributed by atoms with Crippen LogP contribution in [0.1, 0.15) is 20.0 Å². The molecule has 0 bridgehead atoms. The Hall–Kier alpha value is -2.38. The van der Waals surface area contributed by atoms with Crippen molar-refractivity contribution in [3.63, 3.8) is 0 Å². The first kappa shape index (κ1) is 17.4. The Labute approximate surface area is 156 Å². The molecule has 128 valence electrons. The fourth-order valence-corrected chi connectivity index (χ4v) is 3.65. The number of hydrogen-bond donors (Lipinski definition) is 1. The van der Waals surface area contributed by atoms with Crippen molar-refractivity contribution in [3.05, 3.63) is 57.4 Å². The monoisotopic (exact) mass is 419 g/mol. The van der Waals surface area contributed by atoms with Gasteiger partial charge in [0.05, 0.1) is 24.7 Å². The summed E-state index contributed by atoms with van der Waals surface area (Å²) in [7, 11) is 3.06. The molecule has 0 saturated heterocycles. The van der Waals surface area contributed by atoms with Crippen LogP contribution in [0.15, 0.2) is 46.9 Å². The number of hydrogen-bond acceptors (Lipinski definition) is 5. The number of carbonyl (C=O) groups is 2. The number of methoxy groups -OCH3 is 2. The maximum absolute atomic E-state index is 12.4. The zero-order chi connectivity index (χ0) is 18.0. The average Bonchev–Trinajstić information content (AvgIpc) is 3.04. The van der Waals surface area contributed by atoms with E-state index in [0.29, 0.717) is 16.4 Å². The van der Waals surface area contributed by atoms with Gasteiger partial charge in [-0.15, -0.1) is 11.3 Å². The summed E-state index contributed by atoms with van der Waals surface area (Å²) in [6.45, 7) is 0. The highest BCUT2D eigenvalue weighted by atomic mass is 79.9. The molecule has 0 saturated carbocycles. The summed E-state index contributed by atoms with van der Waals surface area (Å²) in [5.41, 5.74) is 0.285. The number of thiophene rings is 1. The van der Waals surface area contributed by atoms with E-state index in [1.165, 1.54) is 18.4 Å². The van der Waals surface area contributed by atoms with Gasteiger partial charge in [0.2, 0.25) is 0 Å². The lowest BCUT2D eigenvalue weighted by molar-refractivity contribution is 0.0850. The summed E-state index contributed by atoms with van der Waals surface area (Å²) in [6.07, 6.45) is 0. The predicted octanol–water partition coefficient (Wildman–Crippen LogP) is 4.25. The van der Waals surface area contributed by atoms with E-state index >= 15 is 0 Å². The molecule has 1 heterocycles. The van der Waals surface area contributed by atoms with Crippen LogP contribution in [0.25, 0.3) is 10.1 Å². The van der Waals surface area contributed by atoms with Crippen LogP contribution in [0.3, 0.4) is 0 Å². The number of imide groups is 1. The van der Waals surface area contributed by atoms with Gasteiger partial charge in [-0.3, -0.25) is 14.9 Å². The van der Waals surface area contributed by atoms with E-state index in [1.54, 1.807) is 31.4 Å². The van der Waals surface area contributed by atoms with E-state index in [4.69, 9.17) is 9.47 Å². The third-order valence-corrected chi connectivity index (χ3v) is 5.19. The lowest BCUT2D eigenvalue weighted by Gasteiger charge is -2.08. The van der Waals surface area contributed by atoms with Crippen LogP contribution in [-0.2, 0) is 0 Å². The summed E-state index contributed by atoms with van der Waals surface area (Å²) in [5, 5.41) is 3.30. The molecule has 0 radical (unpaired) electrons. The Balaban J connectivity index is 1.84. The SMILES string of the molecule is COc1ccc2sc(C(=O)NC(=O)c3cc(Br)ccc3OC)cc2c1. The normalized spacial score (nSPS) is 10.5. The van der Waals surface area contributed by atoms with Gasteiger partial charge in [-0.25, -0.2) is 0 Å². The number of nitrogens with one attached hydrogen (secondary N) is 1. The van der Waals surface area contributed by atoms with Crippen molar-refractivity contribution in [2.75, 3.05) is 14.2 Å². The highest BCUT2D eigenvalue weighted by Gasteiger charge is 2.18. The molecule has 0 atom stereocenters. The number of benzene rings is 2. The lowest BCUT2D eigenvalue weighted by Crippen LogP contribution is -2.30. The molecule has 2 amide bonds. The first-order chi connectivity index (χ1) is 12.0. The fourth-order valence-electron chi connectivity index (χ4n) is 2.35. The molecule has 0 aliphatic rings. The number of ether oxygens (including phenoxy) is 2. The number of fused-ring (bicyclic) bond motifs is 1. The van der Waals surface area contributed by atoms with Crippen LogP contribution in [0.5, 0.6) is 11.5 Å². The summed E-state index contributed by atoms with van der Waals surface area (Å²) in [5.74, 6) is 0.146. The predicted molar refractivity (Wildman–Crippen MR) is 101 cm³/mol. The highest BCUT2D eigenvalue weighted by molar-refractivity contribution is 9.10. The Morgan fingerprint density at radius 2 is 1.80 bits per heavy atom. The summed E-state index contributed by atoms with van der Waals surface area (Å²) in [6, 6.07) is 12.3. The molecule has 7 heteroatoms. The first-order valence-corrected chi connectivity index (χ1v) is 8.89. The Kier molecular flexibility index (Phi) is 5.06. The van der Waals surface area contributed by atoms with E-state index in [1.807, 2.05) is 18.2 Å². The van der Waals surface area contributed by atoms with Crippen molar-refractivity contribution in [3.8, 4) is 11.5 Å². The minimum Gasteiger partial charge on any atom is -0.497 e. The number of rotatable bonds is 4. The van der Waals surface area contributed by atoms with Gasteiger partial charge in [-0.05, 0) is 47.9 Å². The molecule has 1 aromatic heterocycles. The van der Waals surface area contributed by atoms with Crippen molar-refractivity contribution < 1.29 is 19.1 Å². The maximum Gasteiger partial charge on any atom is 0.268 e. The Morgan fingerprint density at radius 1 is 1.00 bits per heavy atom. The van der Waals surface area contributed by atoms with Crippen molar-refractivity contribution in [1.82, 2.24) is 5.32 Å². The van der Waals surface area contributed by atoms with E-state index < -0.39 is 11.8 Å². The molecule has 0 aliphatic heterocycles. The number of amides is 2. The molecule has 5 nitrogen and oxygen atoms in total. The lowest BCUT2D eigenvalue weighted by atomic mass is 10.2. The summed E-state index contributed by atoms with van der Waals surface area (Å²) in [4.78, 5) is 25.3. The molecule has 0 spiro atoms. The van der Waals surface area contributed by atoms with Crippen molar-refractivity contribution in [2.24, 2.45) is 0 Å². The standard InChI is InChI=1S/C18H14BrNO4S/c1-23-12-4-6-15-10(7-12)8-16(25-15)18(22)20-17(21)13-9-11(19)3-5-14(13)24-2/h3-9H,1-2H3,(H,20,21,22). The van der Waals surface area contributed by atoms with Gasteiger partial charge < -0.3 is 9.47 Å². The smallest absolute Gasteiger partial charge is 0.268 e. The molecule has 2 aromatic carbocycles. The van der Waals surface area contributed by atoms with E-state index in [0.717, 1.165) is 14.6 Å². The largest absolute Gasteiger partial charge is 0.497 e. The second kappa shape index (κ2) is 7.25. The quantitative estimate of drug-likeness (QED) is 0.641. The third-order valence-electron chi connectivity index (χ3n) is 3.58. The van der Waals surface area contributed by atoms with Gasteiger partial charge in [0.15, 0.2) is 0 Å². The third kappa shape index (κ3) is 3.67. The molecule has 3 rings (SSSR count). The molecule has 0 unspecified atom stereocenters. The summed E-state index contributed by atoms with van der Waals surface area (Å²) < 4.78 is 12.0. The van der Waals surface area contributed by atoms with Crippen LogP contribution in [-0.4, -0.2) is 26.0 Å². The van der Waals surface area contributed by atoms with E-state index in [9.17, 15) is 9.59 Å². The topological polar surface area (TPSA) is 64.6 Å². The number of carbonyl (C=O) groups excluding carboxylic acids is 2. The van der Waals surface area contributed by atoms with Crippen LogP contribution in [0.4, 0.5) is 0 Å². The minimum absolute atomic E-state index is 0.285. The van der Waals surface area contributed by atoms with Crippen molar-refractivity contribution in [1.29, 1.82) is 0 Å². The zero-order valence-electron chi connectivity index (χ0n) is 13.5. The van der Waals surface area contributed by atoms with Crippen LogP contribution in [0.2, 0.25) is 0 Å². The molecule has 0 fully saturated rings. The molecular weight excluding hydrogens is 406 g/mol. The van der Waals surface area contributed by atoms with Gasteiger partial charge in [-0.1, -0.05) is 15.9 Å². The Morgan fingerprint density at radius 3 is 2.52 bits per heavy atom. The van der Waals surface area contributed by atoms with Crippen LogP contribution >= 0.6 is 27.3 Å². The van der Waals surface area contributed by atoms with E-state index in [-0.39, 0.29) is 5.56 Å². The van der Waals surface area contributed by atoms with Crippen LogP contribution in [0, 0.1) is 0 Å². The molecule has 1 N–H and O–H groups in total. The molecule has 0 aliphatic carbocycles. The zero-order valence-corrected chi connectivity index (χ0v) is 15.9. The van der Waals surface area contributed by atoms with Gasteiger partial charge in [0, 0.05) is 9.17 Å². The van der Waals surface area contributed by atoms with Gasteiger partial charge >= 0.3 is 0 Å². The van der Waals surface area contributed by atoms with Crippen molar-refractivity contribution >= 4 is 49.2 Å². The van der Waals surface area contributed by atoms with Gasteiger partial charge in [-0.2, -0.15) is 0 Å². The van der Waals surface area contributed by atoms with Crippen LogP contribution < -0.4 is 14.8 Å². The maximum atomic E-state index is 12.4. The second-order valence-corrected chi connectivity index (χ2v) is 7.14. The molecule has 25 heavy (non-hydrogen) atoms. The summed E-state index contributed by atoms with van der Waals surface area (Å²) >= 11 is 4.63.